The molecule has 0 saturated carbocycles. The van der Waals surface area contributed by atoms with Crippen LogP contribution < -0.4 is 4.74 Å². The van der Waals surface area contributed by atoms with Crippen molar-refractivity contribution >= 4 is 17.3 Å². The molecule has 14 heteroatoms. The van der Waals surface area contributed by atoms with E-state index < -0.39 is 102 Å². The van der Waals surface area contributed by atoms with Gasteiger partial charge in [0, 0.05) is 42.0 Å². The van der Waals surface area contributed by atoms with Crippen LogP contribution in [0.4, 0.5) is 0 Å². The van der Waals surface area contributed by atoms with E-state index in [9.17, 15) is 40.1 Å². The number of nitrogens with zero attached hydrogens (tertiary/aromatic N) is 2. The van der Waals surface area contributed by atoms with Gasteiger partial charge in [-0.15, -0.1) is 0 Å². The summed E-state index contributed by atoms with van der Waals surface area (Å²) in [5, 5.41) is 54.3. The number of benzene rings is 2. The van der Waals surface area contributed by atoms with Gasteiger partial charge in [-0.3, -0.25) is 19.3 Å². The monoisotopic (exact) mass is 636 g/mol. The number of aromatic hydroxyl groups is 2. The summed E-state index contributed by atoms with van der Waals surface area (Å²) in [5.74, 6) is -3.73. The average Bonchev–Trinajstić information content (AvgIpc) is 3.43. The lowest BCUT2D eigenvalue weighted by Crippen LogP contribution is -2.56. The minimum absolute atomic E-state index is 0.0492. The number of morpholine rings is 1. The van der Waals surface area contributed by atoms with Gasteiger partial charge in [0.2, 0.25) is 5.78 Å². The fourth-order valence-electron chi connectivity index (χ4n) is 7.67. The first-order chi connectivity index (χ1) is 22.0. The molecule has 242 valence electrons. The summed E-state index contributed by atoms with van der Waals surface area (Å²) >= 11 is 0. The van der Waals surface area contributed by atoms with Crippen LogP contribution in [0.1, 0.15) is 68.8 Å². The van der Waals surface area contributed by atoms with Crippen molar-refractivity contribution in [2.45, 2.75) is 74.7 Å². The van der Waals surface area contributed by atoms with E-state index in [1.165, 1.54) is 25.3 Å². The number of fused-ring (bicyclic) bond motifs is 6. The molecule has 5 aliphatic rings. The maximum atomic E-state index is 13.9. The van der Waals surface area contributed by atoms with Crippen molar-refractivity contribution in [3.05, 3.63) is 51.6 Å². The molecular formula is C32H32N2O12. The number of Topliss-reactive ketones (excluding diaryl/α,β-unsaturated/α-hetero) is 1. The van der Waals surface area contributed by atoms with Crippen LogP contribution in [0.5, 0.6) is 17.2 Å². The van der Waals surface area contributed by atoms with Gasteiger partial charge in [-0.2, -0.15) is 5.26 Å². The lowest BCUT2D eigenvalue weighted by molar-refractivity contribution is -0.247. The molecule has 3 fully saturated rings. The maximum Gasteiger partial charge on any atom is 0.202 e. The van der Waals surface area contributed by atoms with Crippen molar-refractivity contribution in [1.29, 1.82) is 5.26 Å². The quantitative estimate of drug-likeness (QED) is 0.284. The van der Waals surface area contributed by atoms with Crippen molar-refractivity contribution in [2.75, 3.05) is 26.9 Å². The van der Waals surface area contributed by atoms with Gasteiger partial charge in [0.25, 0.3) is 0 Å². The number of ether oxygens (including phenoxy) is 5. The SMILES string of the molecule is COc1cccc2c1C(=O)c1c(O)c3c(c(O)c1C2=O)C[C@@](O)(C(=O)CO)C[C@@H]3OC1CC2C(OC3COCC(C#N)N32)C(C)O1. The third kappa shape index (κ3) is 4.39. The van der Waals surface area contributed by atoms with Crippen LogP contribution in [-0.2, 0) is 30.2 Å². The minimum atomic E-state index is -2.26. The number of methoxy groups -OCH3 is 1. The Bertz CT molecular complexity index is 1700. The molecule has 0 aromatic heterocycles. The normalized spacial score (nSPS) is 33.2. The van der Waals surface area contributed by atoms with Crippen LogP contribution in [0.3, 0.4) is 0 Å². The Balaban J connectivity index is 1.31. The molecule has 8 atom stereocenters. The third-order valence-electron chi connectivity index (χ3n) is 9.77. The first-order valence-corrected chi connectivity index (χ1v) is 15.0. The van der Waals surface area contributed by atoms with Crippen molar-refractivity contribution in [1.82, 2.24) is 4.90 Å². The second-order valence-electron chi connectivity index (χ2n) is 12.3. The Morgan fingerprint density at radius 2 is 1.89 bits per heavy atom. The number of hydrogen-bond donors (Lipinski definition) is 4. The van der Waals surface area contributed by atoms with E-state index in [0.29, 0.717) is 0 Å². The lowest BCUT2D eigenvalue weighted by Gasteiger charge is -2.43. The van der Waals surface area contributed by atoms with E-state index in [4.69, 9.17) is 23.7 Å². The van der Waals surface area contributed by atoms with Crippen LogP contribution in [0.2, 0.25) is 0 Å². The molecule has 0 radical (unpaired) electrons. The highest BCUT2D eigenvalue weighted by atomic mass is 16.7. The summed E-state index contributed by atoms with van der Waals surface area (Å²) in [6.07, 6.45) is -4.58. The van der Waals surface area contributed by atoms with Crippen molar-refractivity contribution in [2.24, 2.45) is 0 Å². The summed E-state index contributed by atoms with van der Waals surface area (Å²) in [7, 11) is 1.33. The van der Waals surface area contributed by atoms with Gasteiger partial charge < -0.3 is 44.1 Å². The average molecular weight is 637 g/mol. The van der Waals surface area contributed by atoms with E-state index in [0.717, 1.165) is 0 Å². The van der Waals surface area contributed by atoms with Gasteiger partial charge in [0.1, 0.15) is 47.8 Å². The van der Waals surface area contributed by atoms with Gasteiger partial charge in [-0.1, -0.05) is 12.1 Å². The highest BCUT2D eigenvalue weighted by molar-refractivity contribution is 6.31. The Kier molecular flexibility index (Phi) is 7.41. The molecule has 0 spiro atoms. The first-order valence-electron chi connectivity index (χ1n) is 15.0. The van der Waals surface area contributed by atoms with Gasteiger partial charge in [0.15, 0.2) is 17.9 Å². The number of carbonyl (C=O) groups excluding carboxylic acids is 3. The Morgan fingerprint density at radius 3 is 2.61 bits per heavy atom. The largest absolute Gasteiger partial charge is 0.507 e. The van der Waals surface area contributed by atoms with Crippen LogP contribution in [0, 0.1) is 11.3 Å². The molecule has 2 aliphatic carbocycles. The third-order valence-corrected chi connectivity index (χ3v) is 9.77. The number of rotatable bonds is 5. The lowest BCUT2D eigenvalue weighted by atomic mass is 9.72. The summed E-state index contributed by atoms with van der Waals surface area (Å²) in [4.78, 5) is 42.4. The fraction of sp³-hybridized carbons (Fsp3) is 0.500. The Morgan fingerprint density at radius 1 is 1.13 bits per heavy atom. The van der Waals surface area contributed by atoms with E-state index in [1.54, 1.807) is 6.92 Å². The molecule has 4 N–H and O–H groups in total. The van der Waals surface area contributed by atoms with Crippen LogP contribution in [-0.4, -0.2) is 112 Å². The van der Waals surface area contributed by atoms with Crippen LogP contribution in [0.15, 0.2) is 18.2 Å². The van der Waals surface area contributed by atoms with Gasteiger partial charge in [0.05, 0.1) is 55.3 Å². The highest BCUT2D eigenvalue weighted by Gasteiger charge is 2.55. The summed E-state index contributed by atoms with van der Waals surface area (Å²) < 4.78 is 29.5. The van der Waals surface area contributed by atoms with E-state index >= 15 is 0 Å². The van der Waals surface area contributed by atoms with Gasteiger partial charge in [-0.05, 0) is 13.0 Å². The number of carbonyl (C=O) groups is 3. The molecule has 2 aromatic rings. The second-order valence-corrected chi connectivity index (χ2v) is 12.3. The second kappa shape index (κ2) is 11.1. The molecule has 6 unspecified atom stereocenters. The zero-order valence-electron chi connectivity index (χ0n) is 25.0. The molecule has 14 nitrogen and oxygen atoms in total. The van der Waals surface area contributed by atoms with Crippen molar-refractivity contribution < 1.29 is 58.5 Å². The molecule has 3 saturated heterocycles. The fourth-order valence-corrected chi connectivity index (χ4v) is 7.67. The predicted molar refractivity (Wildman–Crippen MR) is 152 cm³/mol. The zero-order valence-corrected chi connectivity index (χ0v) is 25.0. The standard InChI is InChI=1S/C32H32N2O12/c1-13-31-17(34-14(9-33)11-43-12-21(34)46-31)6-22(44-13)45-19-8-32(41,20(36)10-35)7-16-24(19)30(40)26-25(28(16)38)27(37)15-4-3-5-18(42-2)23(15)29(26)39/h3-5,13-14,17,19,21-22,31,35,38,40-41H,6-8,10-12H2,1-2H3/t13?,14?,17?,19-,21?,22?,31?,32-/m0/s1. The Labute approximate surface area is 262 Å². The number of aliphatic hydroxyl groups is 2. The number of nitriles is 1. The number of aliphatic hydroxyl groups excluding tert-OH is 1. The smallest absolute Gasteiger partial charge is 0.202 e. The van der Waals surface area contributed by atoms with E-state index in [-0.39, 0.29) is 53.7 Å². The summed E-state index contributed by atoms with van der Waals surface area (Å²) in [6, 6.07) is 5.75. The molecule has 3 aliphatic heterocycles. The van der Waals surface area contributed by atoms with Crippen LogP contribution >= 0.6 is 0 Å². The molecular weight excluding hydrogens is 604 g/mol. The Hall–Kier alpha value is -3.94. The van der Waals surface area contributed by atoms with Crippen molar-refractivity contribution in [3.8, 4) is 23.3 Å². The van der Waals surface area contributed by atoms with Gasteiger partial charge in [-0.25, -0.2) is 0 Å². The number of ketones is 3. The van der Waals surface area contributed by atoms with Gasteiger partial charge >= 0.3 is 0 Å². The molecule has 46 heavy (non-hydrogen) atoms. The van der Waals surface area contributed by atoms with Crippen LogP contribution in [0.25, 0.3) is 0 Å². The molecule has 0 amide bonds. The van der Waals surface area contributed by atoms with Crippen molar-refractivity contribution in [3.63, 3.8) is 0 Å². The number of phenolic OH excluding ortho intramolecular Hbond substituents is 2. The zero-order chi connectivity index (χ0) is 32.7. The molecule has 2 aromatic carbocycles. The predicted octanol–water partition coefficient (Wildman–Crippen LogP) is 0.631. The molecule has 7 rings (SSSR count). The first kappa shape index (κ1) is 30.7. The number of phenols is 2. The minimum Gasteiger partial charge on any atom is -0.507 e. The topological polar surface area (TPSA) is 205 Å². The maximum absolute atomic E-state index is 13.9. The van der Waals surface area contributed by atoms with E-state index in [1.807, 2.05) is 4.90 Å². The highest BCUT2D eigenvalue weighted by Crippen LogP contribution is 2.53. The summed E-state index contributed by atoms with van der Waals surface area (Å²) in [5.41, 5.74) is -3.59. The molecule has 0 bridgehead atoms. The van der Waals surface area contributed by atoms with E-state index in [2.05, 4.69) is 6.07 Å². The summed E-state index contributed by atoms with van der Waals surface area (Å²) in [6.45, 7) is 1.23. The number of hydrogen-bond acceptors (Lipinski definition) is 14. The molecule has 3 heterocycles.